The molecule has 2 aromatic carbocycles. The zero-order valence-corrected chi connectivity index (χ0v) is 17.9. The number of aryl methyl sites for hydroxylation is 1. The van der Waals surface area contributed by atoms with Crippen molar-refractivity contribution in [3.8, 4) is 11.1 Å². The lowest BCUT2D eigenvalue weighted by Gasteiger charge is -2.29. The van der Waals surface area contributed by atoms with E-state index < -0.39 is 0 Å². The van der Waals surface area contributed by atoms with Crippen LogP contribution in [0.4, 0.5) is 11.9 Å². The van der Waals surface area contributed by atoms with Crippen LogP contribution in [0, 0.1) is 6.92 Å². The van der Waals surface area contributed by atoms with Gasteiger partial charge in [-0.1, -0.05) is 62.4 Å². The summed E-state index contributed by atoms with van der Waals surface area (Å²) in [5.74, 6) is 1.62. The number of benzene rings is 2. The monoisotopic (exact) mass is 403 g/mol. The minimum atomic E-state index is -0.309. The normalized spacial score (nSPS) is 14.7. The van der Waals surface area contributed by atoms with Gasteiger partial charge < -0.3 is 15.4 Å². The highest BCUT2D eigenvalue weighted by molar-refractivity contribution is 5.70. The number of rotatable bonds is 5. The number of nitrogens with two attached hydrogens (primary N) is 1. The van der Waals surface area contributed by atoms with Gasteiger partial charge in [0.1, 0.15) is 5.82 Å². The van der Waals surface area contributed by atoms with Crippen molar-refractivity contribution in [2.45, 2.75) is 32.6 Å². The average molecular weight is 404 g/mol. The van der Waals surface area contributed by atoms with Gasteiger partial charge in [0, 0.05) is 18.5 Å². The lowest BCUT2D eigenvalue weighted by molar-refractivity contribution is 0.122. The first-order valence-corrected chi connectivity index (χ1v) is 10.4. The molecule has 0 unspecified atom stereocenters. The molecular formula is C24H29N5O. The van der Waals surface area contributed by atoms with Gasteiger partial charge in [-0.25, -0.2) is 0 Å². The number of nitrogens with zero attached hydrogens (tertiary/aromatic N) is 4. The second-order valence-corrected chi connectivity index (χ2v) is 8.45. The van der Waals surface area contributed by atoms with Crippen molar-refractivity contribution >= 4 is 11.9 Å². The van der Waals surface area contributed by atoms with Crippen molar-refractivity contribution in [2.24, 2.45) is 0 Å². The molecule has 0 amide bonds. The quantitative estimate of drug-likeness (QED) is 0.698. The molecule has 0 bridgehead atoms. The summed E-state index contributed by atoms with van der Waals surface area (Å²) in [5.41, 5.74) is 10.8. The highest BCUT2D eigenvalue weighted by atomic mass is 16.5. The molecule has 1 aromatic heterocycles. The fourth-order valence-electron chi connectivity index (χ4n) is 3.96. The average Bonchev–Trinajstić information content (AvgIpc) is 2.75. The van der Waals surface area contributed by atoms with E-state index >= 15 is 0 Å². The number of ether oxygens (including phenoxy) is 1. The predicted octanol–water partition coefficient (Wildman–Crippen LogP) is 3.79. The Kier molecular flexibility index (Phi) is 5.68. The molecular weight excluding hydrogens is 374 g/mol. The van der Waals surface area contributed by atoms with Crippen molar-refractivity contribution in [3.63, 3.8) is 0 Å². The van der Waals surface area contributed by atoms with E-state index in [0.717, 1.165) is 25.3 Å². The number of hydrogen-bond donors (Lipinski definition) is 1. The van der Waals surface area contributed by atoms with Gasteiger partial charge in [-0.3, -0.25) is 0 Å². The largest absolute Gasteiger partial charge is 0.378 e. The molecule has 0 spiro atoms. The van der Waals surface area contributed by atoms with Crippen molar-refractivity contribution in [3.05, 3.63) is 65.5 Å². The maximum absolute atomic E-state index is 6.08. The summed E-state index contributed by atoms with van der Waals surface area (Å²) in [6.07, 6.45) is 0.795. The molecule has 30 heavy (non-hydrogen) atoms. The fourth-order valence-corrected chi connectivity index (χ4v) is 3.96. The van der Waals surface area contributed by atoms with E-state index in [1.54, 1.807) is 0 Å². The zero-order valence-electron chi connectivity index (χ0n) is 17.9. The van der Waals surface area contributed by atoms with Crippen LogP contribution in [0.1, 0.15) is 30.8 Å². The third-order valence-electron chi connectivity index (χ3n) is 5.63. The molecule has 2 N–H and O–H groups in total. The van der Waals surface area contributed by atoms with E-state index in [9.17, 15) is 0 Å². The van der Waals surface area contributed by atoms with Gasteiger partial charge in [-0.05, 0) is 35.6 Å². The number of morpholine rings is 1. The summed E-state index contributed by atoms with van der Waals surface area (Å²) in [6.45, 7) is 9.36. The molecule has 1 aliphatic rings. The minimum absolute atomic E-state index is 0.266. The summed E-state index contributed by atoms with van der Waals surface area (Å²) in [4.78, 5) is 15.8. The lowest BCUT2D eigenvalue weighted by atomic mass is 9.82. The number of anilines is 2. The molecule has 3 aromatic rings. The van der Waals surface area contributed by atoms with Crippen LogP contribution < -0.4 is 10.6 Å². The standard InChI is InChI=1S/C24H29N5O/c1-17-8-4-6-10-19(17)20-11-7-5-9-18(20)16-24(2,3)21-26-22(25)28-23(27-21)29-12-14-30-15-13-29/h4-11H,12-16H2,1-3H3,(H2,25,26,27,28). The summed E-state index contributed by atoms with van der Waals surface area (Å²) in [7, 11) is 0. The highest BCUT2D eigenvalue weighted by Crippen LogP contribution is 2.33. The van der Waals surface area contributed by atoms with Crippen LogP contribution in [0.2, 0.25) is 0 Å². The Bertz CT molecular complexity index is 1030. The van der Waals surface area contributed by atoms with E-state index in [-0.39, 0.29) is 11.4 Å². The van der Waals surface area contributed by atoms with Crippen LogP contribution in [-0.2, 0) is 16.6 Å². The minimum Gasteiger partial charge on any atom is -0.378 e. The van der Waals surface area contributed by atoms with Gasteiger partial charge in [0.2, 0.25) is 11.9 Å². The molecule has 0 atom stereocenters. The Balaban J connectivity index is 1.67. The van der Waals surface area contributed by atoms with Gasteiger partial charge in [0.25, 0.3) is 0 Å². The third kappa shape index (κ3) is 4.28. The molecule has 1 fully saturated rings. The number of nitrogen functional groups attached to an aromatic ring is 1. The third-order valence-corrected chi connectivity index (χ3v) is 5.63. The van der Waals surface area contributed by atoms with Crippen molar-refractivity contribution in [1.82, 2.24) is 15.0 Å². The first kappa shape index (κ1) is 20.3. The molecule has 6 heteroatoms. The van der Waals surface area contributed by atoms with Crippen molar-refractivity contribution in [1.29, 1.82) is 0 Å². The fraction of sp³-hybridized carbons (Fsp3) is 0.375. The van der Waals surface area contributed by atoms with E-state index in [0.29, 0.717) is 19.2 Å². The Morgan fingerprint density at radius 3 is 2.33 bits per heavy atom. The van der Waals surface area contributed by atoms with Gasteiger partial charge in [-0.2, -0.15) is 15.0 Å². The van der Waals surface area contributed by atoms with Gasteiger partial charge in [0.05, 0.1) is 13.2 Å². The predicted molar refractivity (Wildman–Crippen MR) is 121 cm³/mol. The maximum atomic E-state index is 6.08. The van der Waals surface area contributed by atoms with E-state index in [4.69, 9.17) is 15.5 Å². The second kappa shape index (κ2) is 8.40. The molecule has 0 radical (unpaired) electrons. The Morgan fingerprint density at radius 1 is 0.933 bits per heavy atom. The van der Waals surface area contributed by atoms with Crippen LogP contribution in [0.15, 0.2) is 48.5 Å². The van der Waals surface area contributed by atoms with Crippen molar-refractivity contribution in [2.75, 3.05) is 36.9 Å². The summed E-state index contributed by atoms with van der Waals surface area (Å²) in [5, 5.41) is 0. The number of aromatic nitrogens is 3. The van der Waals surface area contributed by atoms with Crippen LogP contribution in [-0.4, -0.2) is 41.3 Å². The Hall–Kier alpha value is -2.99. The van der Waals surface area contributed by atoms with E-state index in [1.807, 2.05) is 0 Å². The smallest absolute Gasteiger partial charge is 0.230 e. The molecule has 1 aliphatic heterocycles. The van der Waals surface area contributed by atoms with E-state index in [2.05, 4.69) is 84.2 Å². The molecule has 0 aliphatic carbocycles. The summed E-state index contributed by atoms with van der Waals surface area (Å²) < 4.78 is 5.45. The van der Waals surface area contributed by atoms with E-state index in [1.165, 1.54) is 22.3 Å². The van der Waals surface area contributed by atoms with Crippen LogP contribution in [0.5, 0.6) is 0 Å². The molecule has 156 valence electrons. The first-order valence-electron chi connectivity index (χ1n) is 10.4. The molecule has 0 saturated carbocycles. The molecule has 6 nitrogen and oxygen atoms in total. The topological polar surface area (TPSA) is 77.2 Å². The molecule has 1 saturated heterocycles. The number of hydrogen-bond acceptors (Lipinski definition) is 6. The van der Waals surface area contributed by atoms with Crippen LogP contribution >= 0.6 is 0 Å². The SMILES string of the molecule is Cc1ccccc1-c1ccccc1CC(C)(C)c1nc(N)nc(N2CCOCC2)n1. The Morgan fingerprint density at radius 2 is 1.60 bits per heavy atom. The van der Waals surface area contributed by atoms with Crippen molar-refractivity contribution < 1.29 is 4.74 Å². The second-order valence-electron chi connectivity index (χ2n) is 8.45. The molecule has 2 heterocycles. The lowest BCUT2D eigenvalue weighted by Crippen LogP contribution is -2.38. The zero-order chi connectivity index (χ0) is 21.1. The highest BCUT2D eigenvalue weighted by Gasteiger charge is 2.28. The van der Waals surface area contributed by atoms with Gasteiger partial charge >= 0.3 is 0 Å². The molecule has 4 rings (SSSR count). The first-order chi connectivity index (χ1) is 14.4. The van der Waals surface area contributed by atoms with Gasteiger partial charge in [0.15, 0.2) is 0 Å². The van der Waals surface area contributed by atoms with Crippen LogP contribution in [0.3, 0.4) is 0 Å². The summed E-state index contributed by atoms with van der Waals surface area (Å²) >= 11 is 0. The van der Waals surface area contributed by atoms with Crippen LogP contribution in [0.25, 0.3) is 11.1 Å². The maximum Gasteiger partial charge on any atom is 0.230 e. The summed E-state index contributed by atoms with van der Waals surface area (Å²) in [6, 6.07) is 17.1. The van der Waals surface area contributed by atoms with Gasteiger partial charge in [-0.15, -0.1) is 0 Å². The Labute approximate surface area is 178 Å².